The molecule has 0 aliphatic carbocycles. The van der Waals surface area contributed by atoms with Crippen molar-refractivity contribution in [1.82, 2.24) is 0 Å². The van der Waals surface area contributed by atoms with Crippen LogP contribution in [0.2, 0.25) is 5.02 Å². The van der Waals surface area contributed by atoms with Gasteiger partial charge in [0.1, 0.15) is 12.4 Å². The standard InChI is InChI=1S/C8H8ClO2/c1-11-7-3-2-6(5-10)8(9)4-7/h2-4H,5H2,1H3. The lowest BCUT2D eigenvalue weighted by atomic mass is 10.2. The maximum atomic E-state index is 10.4. The maximum Gasteiger partial charge on any atom is 0.120 e. The minimum Gasteiger partial charge on any atom is -0.497 e. The Morgan fingerprint density at radius 3 is 2.73 bits per heavy atom. The molecule has 0 spiro atoms. The van der Waals surface area contributed by atoms with Gasteiger partial charge in [-0.2, -0.15) is 0 Å². The fraction of sp³-hybridized carbons (Fsp3) is 0.250. The summed E-state index contributed by atoms with van der Waals surface area (Å²) >= 11 is 5.73. The highest BCUT2D eigenvalue weighted by Gasteiger charge is 2.00. The number of ether oxygens (including phenoxy) is 1. The van der Waals surface area contributed by atoms with Crippen LogP contribution in [-0.2, 0) is 11.7 Å². The van der Waals surface area contributed by atoms with Crippen molar-refractivity contribution in [2.24, 2.45) is 0 Å². The third kappa shape index (κ3) is 1.85. The first-order chi connectivity index (χ1) is 5.27. The molecule has 0 N–H and O–H groups in total. The van der Waals surface area contributed by atoms with Crippen LogP contribution in [0.25, 0.3) is 0 Å². The second-order valence-electron chi connectivity index (χ2n) is 2.10. The Balaban J connectivity index is 2.99. The molecule has 1 radical (unpaired) electrons. The summed E-state index contributed by atoms with van der Waals surface area (Å²) in [5.74, 6) is 0.673. The van der Waals surface area contributed by atoms with Gasteiger partial charge in [0.15, 0.2) is 0 Å². The van der Waals surface area contributed by atoms with Crippen molar-refractivity contribution in [1.29, 1.82) is 0 Å². The number of methoxy groups -OCH3 is 1. The molecule has 0 saturated carbocycles. The molecule has 59 valence electrons. The molecule has 0 amide bonds. The van der Waals surface area contributed by atoms with Crippen molar-refractivity contribution in [3.8, 4) is 5.75 Å². The van der Waals surface area contributed by atoms with Gasteiger partial charge >= 0.3 is 0 Å². The van der Waals surface area contributed by atoms with Crippen molar-refractivity contribution in [2.75, 3.05) is 7.11 Å². The minimum absolute atomic E-state index is 0.289. The Hall–Kier alpha value is -0.730. The van der Waals surface area contributed by atoms with Gasteiger partial charge in [0.2, 0.25) is 0 Å². The molecule has 0 heterocycles. The Labute approximate surface area is 70.4 Å². The molecule has 0 bridgehead atoms. The Morgan fingerprint density at radius 2 is 2.27 bits per heavy atom. The van der Waals surface area contributed by atoms with Crippen molar-refractivity contribution < 1.29 is 9.84 Å². The first-order valence-electron chi connectivity index (χ1n) is 3.18. The normalized spacial score (nSPS) is 9.73. The number of rotatable bonds is 2. The minimum atomic E-state index is -0.289. The summed E-state index contributed by atoms with van der Waals surface area (Å²) in [6, 6.07) is 5.03. The Morgan fingerprint density at radius 1 is 1.55 bits per heavy atom. The highest BCUT2D eigenvalue weighted by Crippen LogP contribution is 2.21. The smallest absolute Gasteiger partial charge is 0.120 e. The van der Waals surface area contributed by atoms with E-state index in [-0.39, 0.29) is 6.61 Å². The number of benzene rings is 1. The number of hydrogen-bond acceptors (Lipinski definition) is 1. The predicted molar refractivity (Wildman–Crippen MR) is 42.4 cm³/mol. The van der Waals surface area contributed by atoms with E-state index in [0.29, 0.717) is 16.3 Å². The fourth-order valence-corrected chi connectivity index (χ4v) is 0.997. The van der Waals surface area contributed by atoms with Gasteiger partial charge in [-0.3, -0.25) is 0 Å². The highest BCUT2D eigenvalue weighted by molar-refractivity contribution is 6.31. The highest BCUT2D eigenvalue weighted by atomic mass is 35.5. The Kier molecular flexibility index (Phi) is 2.74. The molecule has 0 fully saturated rings. The summed E-state index contributed by atoms with van der Waals surface area (Å²) < 4.78 is 4.91. The second kappa shape index (κ2) is 3.60. The van der Waals surface area contributed by atoms with Crippen LogP contribution in [0, 0.1) is 0 Å². The zero-order valence-electron chi connectivity index (χ0n) is 6.13. The lowest BCUT2D eigenvalue weighted by molar-refractivity contribution is 0.177. The second-order valence-corrected chi connectivity index (χ2v) is 2.51. The van der Waals surface area contributed by atoms with Crippen LogP contribution in [0.15, 0.2) is 18.2 Å². The average Bonchev–Trinajstić information content (AvgIpc) is 2.04. The summed E-state index contributed by atoms with van der Waals surface area (Å²) in [5.41, 5.74) is 0.604. The molecular weight excluding hydrogens is 164 g/mol. The number of halogens is 1. The van der Waals surface area contributed by atoms with E-state index < -0.39 is 0 Å². The van der Waals surface area contributed by atoms with E-state index in [2.05, 4.69) is 0 Å². The fourth-order valence-electron chi connectivity index (χ4n) is 0.772. The molecular formula is C8H8ClO2. The third-order valence-electron chi connectivity index (χ3n) is 1.42. The maximum absolute atomic E-state index is 10.4. The molecule has 1 rings (SSSR count). The molecule has 0 saturated heterocycles. The van der Waals surface area contributed by atoms with E-state index in [1.54, 1.807) is 25.3 Å². The molecule has 3 heteroatoms. The van der Waals surface area contributed by atoms with E-state index in [9.17, 15) is 5.11 Å². The summed E-state index contributed by atoms with van der Waals surface area (Å²) in [6.07, 6.45) is 0. The summed E-state index contributed by atoms with van der Waals surface area (Å²) in [7, 11) is 1.56. The zero-order valence-corrected chi connectivity index (χ0v) is 6.89. The topological polar surface area (TPSA) is 29.1 Å². The molecule has 0 unspecified atom stereocenters. The molecule has 1 aromatic rings. The lowest BCUT2D eigenvalue weighted by Crippen LogP contribution is -1.86. The number of hydrogen-bond donors (Lipinski definition) is 0. The van der Waals surface area contributed by atoms with Gasteiger partial charge in [0, 0.05) is 5.02 Å². The van der Waals surface area contributed by atoms with Crippen molar-refractivity contribution >= 4 is 11.6 Å². The van der Waals surface area contributed by atoms with E-state index in [1.165, 1.54) is 0 Å². The predicted octanol–water partition coefficient (Wildman–Crippen LogP) is 2.28. The van der Waals surface area contributed by atoms with Crippen LogP contribution >= 0.6 is 11.6 Å². The first-order valence-corrected chi connectivity index (χ1v) is 3.56. The lowest BCUT2D eigenvalue weighted by Gasteiger charge is -2.02. The molecule has 0 aliphatic rings. The van der Waals surface area contributed by atoms with Gasteiger partial charge in [-0.15, -0.1) is 0 Å². The molecule has 0 aliphatic heterocycles. The first kappa shape index (κ1) is 8.37. The van der Waals surface area contributed by atoms with Crippen LogP contribution in [0.1, 0.15) is 5.56 Å². The third-order valence-corrected chi connectivity index (χ3v) is 1.77. The van der Waals surface area contributed by atoms with Crippen LogP contribution in [-0.4, -0.2) is 7.11 Å². The quantitative estimate of drug-likeness (QED) is 0.671. The van der Waals surface area contributed by atoms with E-state index >= 15 is 0 Å². The largest absolute Gasteiger partial charge is 0.497 e. The molecule has 1 aromatic carbocycles. The summed E-state index contributed by atoms with van der Waals surface area (Å²) in [4.78, 5) is 0. The van der Waals surface area contributed by atoms with Gasteiger partial charge in [-0.05, 0) is 17.7 Å². The van der Waals surface area contributed by atoms with Gasteiger partial charge in [0.05, 0.1) is 7.11 Å². The van der Waals surface area contributed by atoms with E-state index in [4.69, 9.17) is 16.3 Å². The Bertz CT molecular complexity index is 248. The molecule has 11 heavy (non-hydrogen) atoms. The molecule has 0 atom stereocenters. The van der Waals surface area contributed by atoms with Crippen LogP contribution in [0.3, 0.4) is 0 Å². The van der Waals surface area contributed by atoms with Crippen molar-refractivity contribution in [3.05, 3.63) is 28.8 Å². The van der Waals surface area contributed by atoms with Gasteiger partial charge in [-0.25, -0.2) is 5.11 Å². The zero-order chi connectivity index (χ0) is 8.27. The van der Waals surface area contributed by atoms with E-state index in [1.807, 2.05) is 0 Å². The van der Waals surface area contributed by atoms with E-state index in [0.717, 1.165) is 0 Å². The van der Waals surface area contributed by atoms with Gasteiger partial charge in [0.25, 0.3) is 0 Å². The molecule has 2 nitrogen and oxygen atoms in total. The van der Waals surface area contributed by atoms with Crippen molar-refractivity contribution in [2.45, 2.75) is 6.61 Å². The monoisotopic (exact) mass is 171 g/mol. The van der Waals surface area contributed by atoms with Crippen LogP contribution in [0.4, 0.5) is 0 Å². The van der Waals surface area contributed by atoms with Crippen LogP contribution in [0.5, 0.6) is 5.75 Å². The summed E-state index contributed by atoms with van der Waals surface area (Å²) in [5, 5.41) is 10.9. The average molecular weight is 172 g/mol. The van der Waals surface area contributed by atoms with Gasteiger partial charge < -0.3 is 4.74 Å². The molecule has 0 aromatic heterocycles. The van der Waals surface area contributed by atoms with Crippen LogP contribution < -0.4 is 4.74 Å². The summed E-state index contributed by atoms with van der Waals surface area (Å²) in [6.45, 7) is -0.289. The van der Waals surface area contributed by atoms with Crippen molar-refractivity contribution in [3.63, 3.8) is 0 Å². The van der Waals surface area contributed by atoms with Gasteiger partial charge in [-0.1, -0.05) is 17.7 Å². The SMILES string of the molecule is COc1ccc(C[O])c(Cl)c1.